The zero-order valence-electron chi connectivity index (χ0n) is 12.0. The van der Waals surface area contributed by atoms with Crippen molar-refractivity contribution in [2.24, 2.45) is 0 Å². The van der Waals surface area contributed by atoms with Crippen molar-refractivity contribution in [1.82, 2.24) is 5.32 Å². The summed E-state index contributed by atoms with van der Waals surface area (Å²) < 4.78 is 5.75. The zero-order valence-corrected chi connectivity index (χ0v) is 12.7. The number of rotatable bonds is 7. The molecule has 1 aliphatic heterocycles. The lowest BCUT2D eigenvalue weighted by atomic mass is 9.92. The first-order chi connectivity index (χ1) is 9.81. The van der Waals surface area contributed by atoms with Crippen LogP contribution in [0.3, 0.4) is 0 Å². The Hall–Kier alpha value is -0.570. The average molecular weight is 294 g/mol. The Kier molecular flexibility index (Phi) is 4.98. The molecule has 0 radical (unpaired) electrons. The molecule has 1 heterocycles. The molecule has 3 rings (SSSR count). The molecule has 2 unspecified atom stereocenters. The highest BCUT2D eigenvalue weighted by atomic mass is 35.5. The fraction of sp³-hybridized carbons (Fsp3) is 0.647. The van der Waals surface area contributed by atoms with Crippen LogP contribution in [0.5, 0.6) is 0 Å². The van der Waals surface area contributed by atoms with Crippen LogP contribution in [0, 0.1) is 0 Å². The third-order valence-corrected chi connectivity index (χ3v) is 4.68. The third kappa shape index (κ3) is 4.21. The van der Waals surface area contributed by atoms with Gasteiger partial charge in [0.1, 0.15) is 0 Å². The second kappa shape index (κ2) is 6.93. The fourth-order valence-corrected chi connectivity index (χ4v) is 3.10. The van der Waals surface area contributed by atoms with Crippen molar-refractivity contribution < 1.29 is 4.74 Å². The zero-order chi connectivity index (χ0) is 13.8. The van der Waals surface area contributed by atoms with E-state index in [9.17, 15) is 0 Å². The summed E-state index contributed by atoms with van der Waals surface area (Å²) in [6.07, 6.45) is 8.04. The summed E-state index contributed by atoms with van der Waals surface area (Å²) >= 11 is 6.00. The standard InChI is InChI=1S/C17H24ClNO/c18-15-6-3-13(4-7-15)14(12-19-16-8-9-16)5-10-17-2-1-11-20-17/h3-4,6-7,14,16-17,19H,1-2,5,8-12H2. The molecule has 0 aromatic heterocycles. The van der Waals surface area contributed by atoms with Gasteiger partial charge in [0.15, 0.2) is 0 Å². The molecule has 1 saturated heterocycles. The molecule has 1 N–H and O–H groups in total. The summed E-state index contributed by atoms with van der Waals surface area (Å²) in [5, 5.41) is 4.49. The van der Waals surface area contributed by atoms with Crippen LogP contribution < -0.4 is 5.32 Å². The minimum atomic E-state index is 0.491. The number of ether oxygens (including phenoxy) is 1. The van der Waals surface area contributed by atoms with Crippen molar-refractivity contribution in [2.45, 2.75) is 56.6 Å². The van der Waals surface area contributed by atoms with E-state index in [2.05, 4.69) is 17.4 Å². The SMILES string of the molecule is Clc1ccc(C(CCC2CCCO2)CNC2CC2)cc1. The van der Waals surface area contributed by atoms with Gasteiger partial charge in [-0.2, -0.15) is 0 Å². The normalized spacial score (nSPS) is 23.9. The first-order valence-corrected chi connectivity index (χ1v) is 8.29. The van der Waals surface area contributed by atoms with Crippen LogP contribution in [0.15, 0.2) is 24.3 Å². The van der Waals surface area contributed by atoms with Gasteiger partial charge in [-0.05, 0) is 62.1 Å². The lowest BCUT2D eigenvalue weighted by Crippen LogP contribution is -2.24. The van der Waals surface area contributed by atoms with Crippen molar-refractivity contribution in [3.05, 3.63) is 34.9 Å². The summed E-state index contributed by atoms with van der Waals surface area (Å²) in [7, 11) is 0. The van der Waals surface area contributed by atoms with Crippen LogP contribution in [0.1, 0.15) is 50.0 Å². The first-order valence-electron chi connectivity index (χ1n) is 7.92. The Labute approximate surface area is 126 Å². The molecule has 2 fully saturated rings. The van der Waals surface area contributed by atoms with Crippen molar-refractivity contribution in [3.63, 3.8) is 0 Å². The van der Waals surface area contributed by atoms with E-state index >= 15 is 0 Å². The molecule has 1 aliphatic carbocycles. The topological polar surface area (TPSA) is 21.3 Å². The van der Waals surface area contributed by atoms with Crippen molar-refractivity contribution in [1.29, 1.82) is 0 Å². The summed E-state index contributed by atoms with van der Waals surface area (Å²) in [5.41, 5.74) is 1.40. The van der Waals surface area contributed by atoms with Gasteiger partial charge in [-0.15, -0.1) is 0 Å². The van der Waals surface area contributed by atoms with E-state index < -0.39 is 0 Å². The Bertz CT molecular complexity index is 410. The second-order valence-corrected chi connectivity index (χ2v) is 6.58. The molecule has 2 nitrogen and oxygen atoms in total. The molecule has 1 aromatic carbocycles. The minimum absolute atomic E-state index is 0.491. The molecule has 20 heavy (non-hydrogen) atoms. The van der Waals surface area contributed by atoms with Gasteiger partial charge in [0.2, 0.25) is 0 Å². The Morgan fingerprint density at radius 2 is 2.00 bits per heavy atom. The Morgan fingerprint density at radius 3 is 2.65 bits per heavy atom. The van der Waals surface area contributed by atoms with Crippen LogP contribution in [0.25, 0.3) is 0 Å². The van der Waals surface area contributed by atoms with E-state index in [1.54, 1.807) is 0 Å². The molecular formula is C17H24ClNO. The maximum Gasteiger partial charge on any atom is 0.0576 e. The highest BCUT2D eigenvalue weighted by molar-refractivity contribution is 6.30. The van der Waals surface area contributed by atoms with Crippen LogP contribution in [-0.2, 0) is 4.74 Å². The summed E-state index contributed by atoms with van der Waals surface area (Å²) in [5.74, 6) is 0.581. The van der Waals surface area contributed by atoms with Crippen LogP contribution >= 0.6 is 11.6 Å². The molecule has 1 aromatic rings. The Balaban J connectivity index is 1.57. The van der Waals surface area contributed by atoms with Gasteiger partial charge < -0.3 is 10.1 Å². The molecule has 0 spiro atoms. The van der Waals surface area contributed by atoms with Crippen LogP contribution in [-0.4, -0.2) is 25.3 Å². The summed E-state index contributed by atoms with van der Waals surface area (Å²) in [6.45, 7) is 2.04. The van der Waals surface area contributed by atoms with Gasteiger partial charge in [-0.3, -0.25) is 0 Å². The molecule has 0 bridgehead atoms. The van der Waals surface area contributed by atoms with Crippen molar-refractivity contribution in [3.8, 4) is 0 Å². The maximum atomic E-state index is 6.00. The van der Waals surface area contributed by atoms with E-state index in [1.165, 1.54) is 44.1 Å². The fourth-order valence-electron chi connectivity index (χ4n) is 2.98. The quantitative estimate of drug-likeness (QED) is 0.816. The van der Waals surface area contributed by atoms with Gasteiger partial charge in [0.25, 0.3) is 0 Å². The summed E-state index contributed by atoms with van der Waals surface area (Å²) in [4.78, 5) is 0. The molecule has 3 heteroatoms. The van der Waals surface area contributed by atoms with E-state index in [4.69, 9.17) is 16.3 Å². The van der Waals surface area contributed by atoms with Gasteiger partial charge in [-0.1, -0.05) is 23.7 Å². The maximum absolute atomic E-state index is 6.00. The molecular weight excluding hydrogens is 270 g/mol. The van der Waals surface area contributed by atoms with Gasteiger partial charge >= 0.3 is 0 Å². The third-order valence-electron chi connectivity index (χ3n) is 4.43. The number of halogens is 1. The minimum Gasteiger partial charge on any atom is -0.378 e. The molecule has 0 amide bonds. The number of hydrogen-bond donors (Lipinski definition) is 1. The highest BCUT2D eigenvalue weighted by Gasteiger charge is 2.23. The predicted octanol–water partition coefficient (Wildman–Crippen LogP) is 4.13. The molecule has 2 aliphatic rings. The van der Waals surface area contributed by atoms with Gasteiger partial charge in [0, 0.05) is 24.2 Å². The first kappa shape index (κ1) is 14.4. The van der Waals surface area contributed by atoms with Crippen LogP contribution in [0.4, 0.5) is 0 Å². The number of nitrogens with one attached hydrogen (secondary N) is 1. The van der Waals surface area contributed by atoms with E-state index in [0.29, 0.717) is 12.0 Å². The largest absolute Gasteiger partial charge is 0.378 e. The van der Waals surface area contributed by atoms with Crippen LogP contribution in [0.2, 0.25) is 5.02 Å². The molecule has 2 atom stereocenters. The molecule has 110 valence electrons. The number of hydrogen-bond acceptors (Lipinski definition) is 2. The van der Waals surface area contributed by atoms with Crippen molar-refractivity contribution >= 4 is 11.6 Å². The molecule has 1 saturated carbocycles. The lowest BCUT2D eigenvalue weighted by molar-refractivity contribution is 0.101. The van der Waals surface area contributed by atoms with E-state index in [1.807, 2.05) is 12.1 Å². The predicted molar refractivity (Wildman–Crippen MR) is 83.4 cm³/mol. The second-order valence-electron chi connectivity index (χ2n) is 6.14. The smallest absolute Gasteiger partial charge is 0.0576 e. The van der Waals surface area contributed by atoms with E-state index in [-0.39, 0.29) is 0 Å². The average Bonchev–Trinajstić information content (AvgIpc) is 3.14. The van der Waals surface area contributed by atoms with Gasteiger partial charge in [0.05, 0.1) is 6.10 Å². The highest BCUT2D eigenvalue weighted by Crippen LogP contribution is 2.28. The van der Waals surface area contributed by atoms with Gasteiger partial charge in [-0.25, -0.2) is 0 Å². The summed E-state index contributed by atoms with van der Waals surface area (Å²) in [6, 6.07) is 9.14. The lowest BCUT2D eigenvalue weighted by Gasteiger charge is -2.20. The monoisotopic (exact) mass is 293 g/mol. The number of benzene rings is 1. The Morgan fingerprint density at radius 1 is 1.20 bits per heavy atom. The van der Waals surface area contributed by atoms with E-state index in [0.717, 1.165) is 24.2 Å². The van der Waals surface area contributed by atoms with Crippen molar-refractivity contribution in [2.75, 3.05) is 13.2 Å².